The van der Waals surface area contributed by atoms with E-state index >= 15 is 0 Å². The van der Waals surface area contributed by atoms with Crippen molar-refractivity contribution in [2.45, 2.75) is 0 Å². The number of nitrogens with zero attached hydrogens (tertiary/aromatic N) is 2. The lowest BCUT2D eigenvalue weighted by Gasteiger charge is -2.19. The first kappa shape index (κ1) is 18.2. The quantitative estimate of drug-likeness (QED) is 0.335. The Hall–Kier alpha value is -3.10. The van der Waals surface area contributed by atoms with Crippen molar-refractivity contribution >= 4 is 23.4 Å². The number of nitriles is 1. The molecule has 0 fully saturated rings. The first-order chi connectivity index (χ1) is 12.2. The zero-order valence-corrected chi connectivity index (χ0v) is 14.3. The number of hydrogen-bond donors (Lipinski definition) is 0. The Morgan fingerprint density at radius 2 is 1.72 bits per heavy atom. The molecule has 0 aliphatic rings. The van der Waals surface area contributed by atoms with Gasteiger partial charge in [-0.15, -0.1) is 0 Å². The molecule has 0 bridgehead atoms. The van der Waals surface area contributed by atoms with Crippen molar-refractivity contribution in [3.05, 3.63) is 65.7 Å². The number of anilines is 2. The number of ether oxygens (including phenoxy) is 2. The SMILES string of the molecule is COCCOC(=O)/C(C#N)=C/c1ccc(N(C)c2ccccc2)cc1. The number of esters is 1. The Labute approximate surface area is 147 Å². The molecule has 0 aliphatic heterocycles. The highest BCUT2D eigenvalue weighted by Crippen LogP contribution is 2.23. The molecule has 2 aromatic rings. The maximum atomic E-state index is 11.8. The van der Waals surface area contributed by atoms with Crippen LogP contribution in [-0.2, 0) is 14.3 Å². The lowest BCUT2D eigenvalue weighted by Crippen LogP contribution is -2.11. The van der Waals surface area contributed by atoms with Crippen LogP contribution in [0.1, 0.15) is 5.56 Å². The van der Waals surface area contributed by atoms with Crippen molar-refractivity contribution in [3.8, 4) is 6.07 Å². The monoisotopic (exact) mass is 336 g/mol. The molecule has 0 aliphatic carbocycles. The maximum absolute atomic E-state index is 11.8. The average molecular weight is 336 g/mol. The molecule has 0 saturated heterocycles. The Bertz CT molecular complexity index is 762. The second kappa shape index (κ2) is 9.26. The Morgan fingerprint density at radius 3 is 2.32 bits per heavy atom. The van der Waals surface area contributed by atoms with Gasteiger partial charge in [-0.25, -0.2) is 4.79 Å². The van der Waals surface area contributed by atoms with E-state index in [0.717, 1.165) is 16.9 Å². The first-order valence-electron chi connectivity index (χ1n) is 7.82. The summed E-state index contributed by atoms with van der Waals surface area (Å²) >= 11 is 0. The predicted octanol–water partition coefficient (Wildman–Crippen LogP) is 3.55. The van der Waals surface area contributed by atoms with E-state index in [1.54, 1.807) is 0 Å². The third kappa shape index (κ3) is 5.20. The topological polar surface area (TPSA) is 62.6 Å². The molecule has 0 saturated carbocycles. The zero-order valence-electron chi connectivity index (χ0n) is 14.3. The van der Waals surface area contributed by atoms with Crippen LogP contribution in [0, 0.1) is 11.3 Å². The Morgan fingerprint density at radius 1 is 1.08 bits per heavy atom. The summed E-state index contributed by atoms with van der Waals surface area (Å²) in [4.78, 5) is 13.9. The number of carbonyl (C=O) groups is 1. The minimum Gasteiger partial charge on any atom is -0.459 e. The van der Waals surface area contributed by atoms with Gasteiger partial charge in [0.2, 0.25) is 0 Å². The molecule has 0 heterocycles. The average Bonchev–Trinajstić information content (AvgIpc) is 2.66. The summed E-state index contributed by atoms with van der Waals surface area (Å²) in [5.74, 6) is -0.648. The van der Waals surface area contributed by atoms with Crippen LogP contribution in [0.5, 0.6) is 0 Å². The summed E-state index contributed by atoms with van der Waals surface area (Å²) in [5, 5.41) is 9.15. The minimum atomic E-state index is -0.648. The maximum Gasteiger partial charge on any atom is 0.348 e. The summed E-state index contributed by atoms with van der Waals surface area (Å²) in [6.45, 7) is 0.417. The van der Waals surface area contributed by atoms with Gasteiger partial charge in [0.15, 0.2) is 0 Å². The number of benzene rings is 2. The lowest BCUT2D eigenvalue weighted by atomic mass is 10.1. The molecular weight excluding hydrogens is 316 g/mol. The van der Waals surface area contributed by atoms with Gasteiger partial charge in [-0.1, -0.05) is 30.3 Å². The van der Waals surface area contributed by atoms with Gasteiger partial charge >= 0.3 is 5.97 Å². The second-order valence-electron chi connectivity index (χ2n) is 5.28. The van der Waals surface area contributed by atoms with Gasteiger partial charge in [0.25, 0.3) is 0 Å². The van der Waals surface area contributed by atoms with E-state index in [4.69, 9.17) is 14.7 Å². The first-order valence-corrected chi connectivity index (χ1v) is 7.82. The largest absolute Gasteiger partial charge is 0.459 e. The van der Waals surface area contributed by atoms with Crippen LogP contribution in [0.4, 0.5) is 11.4 Å². The molecule has 2 rings (SSSR count). The number of rotatable bonds is 7. The van der Waals surface area contributed by atoms with Gasteiger partial charge in [0.1, 0.15) is 18.2 Å². The van der Waals surface area contributed by atoms with Crippen LogP contribution >= 0.6 is 0 Å². The molecule has 0 radical (unpaired) electrons. The summed E-state index contributed by atoms with van der Waals surface area (Å²) < 4.78 is 9.78. The van der Waals surface area contributed by atoms with E-state index in [-0.39, 0.29) is 12.2 Å². The van der Waals surface area contributed by atoms with Gasteiger partial charge in [-0.2, -0.15) is 5.26 Å². The molecule has 0 atom stereocenters. The van der Waals surface area contributed by atoms with Gasteiger partial charge in [-0.3, -0.25) is 0 Å². The highest BCUT2D eigenvalue weighted by molar-refractivity contribution is 5.97. The van der Waals surface area contributed by atoms with Crippen molar-refractivity contribution in [1.29, 1.82) is 5.26 Å². The van der Waals surface area contributed by atoms with Crippen molar-refractivity contribution in [2.24, 2.45) is 0 Å². The van der Waals surface area contributed by atoms with Crippen LogP contribution < -0.4 is 4.90 Å². The fourth-order valence-corrected chi connectivity index (χ4v) is 2.19. The number of carbonyl (C=O) groups excluding carboxylic acids is 1. The fourth-order valence-electron chi connectivity index (χ4n) is 2.19. The molecule has 0 N–H and O–H groups in total. The molecule has 5 heteroatoms. The molecule has 128 valence electrons. The van der Waals surface area contributed by atoms with Gasteiger partial charge < -0.3 is 14.4 Å². The van der Waals surface area contributed by atoms with Crippen molar-refractivity contribution < 1.29 is 14.3 Å². The van der Waals surface area contributed by atoms with Gasteiger partial charge in [-0.05, 0) is 35.9 Å². The number of methoxy groups -OCH3 is 1. The van der Waals surface area contributed by atoms with Crippen LogP contribution in [0.15, 0.2) is 60.2 Å². The van der Waals surface area contributed by atoms with Crippen molar-refractivity contribution in [2.75, 3.05) is 32.3 Å². The fraction of sp³-hybridized carbons (Fsp3) is 0.200. The van der Waals surface area contributed by atoms with E-state index in [2.05, 4.69) is 4.90 Å². The predicted molar refractivity (Wildman–Crippen MR) is 97.4 cm³/mol. The Kier molecular flexibility index (Phi) is 6.76. The smallest absolute Gasteiger partial charge is 0.348 e. The van der Waals surface area contributed by atoms with E-state index in [0.29, 0.717) is 6.61 Å². The van der Waals surface area contributed by atoms with Crippen LogP contribution in [-0.4, -0.2) is 33.3 Å². The minimum absolute atomic E-state index is 0.0414. The number of para-hydroxylation sites is 1. The zero-order chi connectivity index (χ0) is 18.1. The number of hydrogen-bond acceptors (Lipinski definition) is 5. The standard InChI is InChI=1S/C20H20N2O3/c1-22(18-6-4-3-5-7-18)19-10-8-16(9-11-19)14-17(15-21)20(23)25-13-12-24-2/h3-11,14H,12-13H2,1-2H3/b17-14+. The Balaban J connectivity index is 2.10. The molecule has 2 aromatic carbocycles. The molecule has 0 spiro atoms. The third-order valence-electron chi connectivity index (χ3n) is 3.60. The summed E-state index contributed by atoms with van der Waals surface area (Å²) in [6.07, 6.45) is 1.52. The summed E-state index contributed by atoms with van der Waals surface area (Å²) in [7, 11) is 3.50. The lowest BCUT2D eigenvalue weighted by molar-refractivity contribution is -0.139. The third-order valence-corrected chi connectivity index (χ3v) is 3.60. The molecule has 25 heavy (non-hydrogen) atoms. The van der Waals surface area contributed by atoms with E-state index in [1.807, 2.05) is 67.7 Å². The van der Waals surface area contributed by atoms with E-state index in [1.165, 1.54) is 13.2 Å². The second-order valence-corrected chi connectivity index (χ2v) is 5.28. The summed E-state index contributed by atoms with van der Waals surface area (Å²) in [6, 6.07) is 19.4. The van der Waals surface area contributed by atoms with Crippen LogP contribution in [0.3, 0.4) is 0 Å². The molecule has 0 amide bonds. The molecule has 0 unspecified atom stereocenters. The van der Waals surface area contributed by atoms with Crippen LogP contribution in [0.25, 0.3) is 6.08 Å². The highest BCUT2D eigenvalue weighted by atomic mass is 16.6. The molecule has 5 nitrogen and oxygen atoms in total. The molecule has 0 aromatic heterocycles. The normalized spacial score (nSPS) is 10.8. The summed E-state index contributed by atoms with van der Waals surface area (Å²) in [5.41, 5.74) is 2.79. The van der Waals surface area contributed by atoms with Crippen LogP contribution in [0.2, 0.25) is 0 Å². The van der Waals surface area contributed by atoms with Gasteiger partial charge in [0.05, 0.1) is 6.61 Å². The molecular formula is C20H20N2O3. The van der Waals surface area contributed by atoms with E-state index in [9.17, 15) is 4.79 Å². The van der Waals surface area contributed by atoms with E-state index < -0.39 is 5.97 Å². The van der Waals surface area contributed by atoms with Gasteiger partial charge in [0, 0.05) is 25.5 Å². The van der Waals surface area contributed by atoms with Crippen molar-refractivity contribution in [3.63, 3.8) is 0 Å². The van der Waals surface area contributed by atoms with Crippen molar-refractivity contribution in [1.82, 2.24) is 0 Å². The highest BCUT2D eigenvalue weighted by Gasteiger charge is 2.10.